The monoisotopic (exact) mass is 338 g/mol. The minimum absolute atomic E-state index is 1.10. The van der Waals surface area contributed by atoms with Crippen LogP contribution in [0.1, 0.15) is 5.56 Å². The molecular weight excluding hydrogens is 331 g/mol. The van der Waals surface area contributed by atoms with Crippen molar-refractivity contribution >= 4 is 44.6 Å². The molecular formula is C9H8BrIO. The molecule has 1 aromatic carbocycles. The summed E-state index contributed by atoms with van der Waals surface area (Å²) in [5, 5.41) is 0. The van der Waals surface area contributed by atoms with Crippen LogP contribution < -0.4 is 0 Å². The van der Waals surface area contributed by atoms with Crippen LogP contribution in [0.3, 0.4) is 0 Å². The van der Waals surface area contributed by atoms with E-state index in [1.54, 1.807) is 13.4 Å². The van der Waals surface area contributed by atoms with Crippen molar-refractivity contribution in [3.05, 3.63) is 38.1 Å². The third-order valence-electron chi connectivity index (χ3n) is 1.35. The van der Waals surface area contributed by atoms with Crippen LogP contribution in [-0.4, -0.2) is 7.11 Å². The van der Waals surface area contributed by atoms with E-state index in [2.05, 4.69) is 44.6 Å². The van der Waals surface area contributed by atoms with Crippen molar-refractivity contribution in [3.8, 4) is 0 Å². The molecule has 0 aliphatic rings. The second-order valence-corrected chi connectivity index (χ2v) is 4.28. The van der Waals surface area contributed by atoms with Gasteiger partial charge in [0.15, 0.2) is 0 Å². The Morgan fingerprint density at radius 1 is 1.50 bits per heavy atom. The largest absolute Gasteiger partial charge is 0.504 e. The number of halogens is 2. The van der Waals surface area contributed by atoms with Gasteiger partial charge in [-0.15, -0.1) is 0 Å². The van der Waals surface area contributed by atoms with E-state index < -0.39 is 0 Å². The van der Waals surface area contributed by atoms with Gasteiger partial charge in [0.1, 0.15) is 0 Å². The third-order valence-corrected chi connectivity index (χ3v) is 2.77. The zero-order chi connectivity index (χ0) is 8.97. The Labute approximate surface area is 94.1 Å². The first-order valence-corrected chi connectivity index (χ1v) is 5.25. The van der Waals surface area contributed by atoms with Crippen LogP contribution in [0, 0.1) is 3.57 Å². The Hall–Kier alpha value is -0.0300. The third kappa shape index (κ3) is 2.79. The lowest BCUT2D eigenvalue weighted by molar-refractivity contribution is 0.341. The Balaban J connectivity index is 2.94. The van der Waals surface area contributed by atoms with Gasteiger partial charge in [0.05, 0.1) is 13.4 Å². The molecule has 0 radical (unpaired) electrons. The van der Waals surface area contributed by atoms with Gasteiger partial charge in [0.25, 0.3) is 0 Å². The summed E-state index contributed by atoms with van der Waals surface area (Å²) < 4.78 is 7.14. The molecule has 0 unspecified atom stereocenters. The topological polar surface area (TPSA) is 9.23 Å². The molecule has 0 amide bonds. The number of rotatable bonds is 2. The van der Waals surface area contributed by atoms with Crippen LogP contribution in [0.5, 0.6) is 0 Å². The summed E-state index contributed by atoms with van der Waals surface area (Å²) in [6, 6.07) is 6.12. The van der Waals surface area contributed by atoms with Gasteiger partial charge < -0.3 is 4.74 Å². The Bertz CT molecular complexity index is 297. The first-order valence-electron chi connectivity index (χ1n) is 3.38. The predicted octanol–water partition coefficient (Wildman–Crippen LogP) is 3.67. The standard InChI is InChI=1S/C9H8BrIO/c1-12-5-4-7-2-3-8(10)6-9(7)11/h2-6H,1H3/b5-4+. The van der Waals surface area contributed by atoms with Crippen molar-refractivity contribution in [2.75, 3.05) is 7.11 Å². The maximum atomic E-state index is 4.84. The summed E-state index contributed by atoms with van der Waals surface area (Å²) in [7, 11) is 1.64. The number of hydrogen-bond acceptors (Lipinski definition) is 1. The minimum atomic E-state index is 1.10. The van der Waals surface area contributed by atoms with Gasteiger partial charge in [0, 0.05) is 8.04 Å². The van der Waals surface area contributed by atoms with Gasteiger partial charge in [-0.2, -0.15) is 0 Å². The van der Waals surface area contributed by atoms with E-state index in [4.69, 9.17) is 4.74 Å². The summed E-state index contributed by atoms with van der Waals surface area (Å²) in [6.45, 7) is 0. The maximum Gasteiger partial charge on any atom is 0.0830 e. The summed E-state index contributed by atoms with van der Waals surface area (Å²) in [6.07, 6.45) is 3.61. The van der Waals surface area contributed by atoms with E-state index in [0.29, 0.717) is 0 Å². The number of benzene rings is 1. The minimum Gasteiger partial charge on any atom is -0.504 e. The number of hydrogen-bond donors (Lipinski definition) is 0. The van der Waals surface area contributed by atoms with E-state index in [0.717, 1.165) is 4.47 Å². The second kappa shape index (κ2) is 4.87. The highest BCUT2D eigenvalue weighted by atomic mass is 127. The van der Waals surface area contributed by atoms with E-state index >= 15 is 0 Å². The molecule has 0 aliphatic heterocycles. The van der Waals surface area contributed by atoms with Gasteiger partial charge in [-0.1, -0.05) is 22.0 Å². The van der Waals surface area contributed by atoms with Crippen LogP contribution in [0.4, 0.5) is 0 Å². The van der Waals surface area contributed by atoms with Crippen LogP contribution >= 0.6 is 38.5 Å². The zero-order valence-electron chi connectivity index (χ0n) is 6.55. The second-order valence-electron chi connectivity index (χ2n) is 2.20. The fourth-order valence-electron chi connectivity index (χ4n) is 0.778. The molecule has 0 aliphatic carbocycles. The Kier molecular flexibility index (Phi) is 4.08. The fourth-order valence-corrected chi connectivity index (χ4v) is 2.26. The molecule has 64 valence electrons. The molecule has 0 aromatic heterocycles. The molecule has 0 saturated carbocycles. The molecule has 0 bridgehead atoms. The van der Waals surface area contributed by atoms with E-state index in [1.165, 1.54) is 9.13 Å². The highest BCUT2D eigenvalue weighted by molar-refractivity contribution is 14.1. The lowest BCUT2D eigenvalue weighted by Crippen LogP contribution is -1.79. The lowest BCUT2D eigenvalue weighted by atomic mass is 10.2. The van der Waals surface area contributed by atoms with Gasteiger partial charge in [-0.05, 0) is 46.4 Å². The van der Waals surface area contributed by atoms with Gasteiger partial charge in [0.2, 0.25) is 0 Å². The van der Waals surface area contributed by atoms with E-state index in [9.17, 15) is 0 Å². The quantitative estimate of drug-likeness (QED) is 0.590. The Morgan fingerprint density at radius 3 is 2.83 bits per heavy atom. The first-order chi connectivity index (χ1) is 5.74. The molecule has 0 atom stereocenters. The van der Waals surface area contributed by atoms with Crippen molar-refractivity contribution in [2.45, 2.75) is 0 Å². The first kappa shape index (κ1) is 10.1. The lowest BCUT2D eigenvalue weighted by Gasteiger charge is -1.98. The summed E-state index contributed by atoms with van der Waals surface area (Å²) in [5.41, 5.74) is 1.17. The Morgan fingerprint density at radius 2 is 2.25 bits per heavy atom. The van der Waals surface area contributed by atoms with Crippen LogP contribution in [0.15, 0.2) is 28.9 Å². The normalized spacial score (nSPS) is 10.6. The molecule has 1 aromatic rings. The van der Waals surface area contributed by atoms with Crippen molar-refractivity contribution < 1.29 is 4.74 Å². The molecule has 12 heavy (non-hydrogen) atoms. The van der Waals surface area contributed by atoms with Gasteiger partial charge >= 0.3 is 0 Å². The molecule has 0 heterocycles. The van der Waals surface area contributed by atoms with Crippen molar-refractivity contribution in [1.82, 2.24) is 0 Å². The van der Waals surface area contributed by atoms with Gasteiger partial charge in [-0.25, -0.2) is 0 Å². The van der Waals surface area contributed by atoms with Gasteiger partial charge in [-0.3, -0.25) is 0 Å². The average molecular weight is 339 g/mol. The summed E-state index contributed by atoms with van der Waals surface area (Å²) in [5.74, 6) is 0. The van der Waals surface area contributed by atoms with Crippen molar-refractivity contribution in [2.24, 2.45) is 0 Å². The van der Waals surface area contributed by atoms with E-state index in [1.807, 2.05) is 18.2 Å². The number of methoxy groups -OCH3 is 1. The van der Waals surface area contributed by atoms with Crippen molar-refractivity contribution in [1.29, 1.82) is 0 Å². The molecule has 0 spiro atoms. The zero-order valence-corrected chi connectivity index (χ0v) is 10.3. The fraction of sp³-hybridized carbons (Fsp3) is 0.111. The van der Waals surface area contributed by atoms with Crippen molar-refractivity contribution in [3.63, 3.8) is 0 Å². The molecule has 0 N–H and O–H groups in total. The predicted molar refractivity (Wildman–Crippen MR) is 62.9 cm³/mol. The van der Waals surface area contributed by atoms with E-state index in [-0.39, 0.29) is 0 Å². The molecule has 1 rings (SSSR count). The summed E-state index contributed by atoms with van der Waals surface area (Å²) >= 11 is 5.69. The maximum absolute atomic E-state index is 4.84. The highest BCUT2D eigenvalue weighted by Gasteiger charge is 1.95. The molecule has 0 saturated heterocycles. The molecule has 3 heteroatoms. The van der Waals surface area contributed by atoms with Crippen LogP contribution in [0.2, 0.25) is 0 Å². The smallest absolute Gasteiger partial charge is 0.0830 e. The SMILES string of the molecule is CO/C=C/c1ccc(Br)cc1I. The number of ether oxygens (including phenoxy) is 1. The van der Waals surface area contributed by atoms with Crippen LogP contribution in [-0.2, 0) is 4.74 Å². The summed E-state index contributed by atoms with van der Waals surface area (Å²) in [4.78, 5) is 0. The average Bonchev–Trinajstić information content (AvgIpc) is 2.03. The molecule has 0 fully saturated rings. The molecule has 1 nitrogen and oxygen atoms in total. The highest BCUT2D eigenvalue weighted by Crippen LogP contribution is 2.19. The van der Waals surface area contributed by atoms with Crippen LogP contribution in [0.25, 0.3) is 6.08 Å².